The molecule has 0 radical (unpaired) electrons. The Morgan fingerprint density at radius 2 is 2.07 bits per heavy atom. The van der Waals surface area contributed by atoms with Gasteiger partial charge in [0.15, 0.2) is 5.17 Å². The zero-order valence-electron chi connectivity index (χ0n) is 8.19. The first kappa shape index (κ1) is 9.96. The topological polar surface area (TPSA) is 45.0 Å². The first-order valence-electron chi connectivity index (χ1n) is 5.21. The van der Waals surface area contributed by atoms with Gasteiger partial charge in [-0.05, 0) is 12.8 Å². The molecule has 2 rings (SSSR count). The number of nitrogens with zero attached hydrogens (tertiary/aromatic N) is 3. The molecule has 0 bridgehead atoms. The number of nitroso groups, excluding NO2 is 1. The summed E-state index contributed by atoms with van der Waals surface area (Å²) in [6.45, 7) is 0.722. The molecule has 0 unspecified atom stereocenters. The minimum atomic E-state index is 0.439. The van der Waals surface area contributed by atoms with Gasteiger partial charge in [0, 0.05) is 5.75 Å². The maximum absolute atomic E-state index is 10.4. The maximum Gasteiger partial charge on any atom is 0.182 e. The number of rotatable bonds is 2. The van der Waals surface area contributed by atoms with Gasteiger partial charge in [0.1, 0.15) is 0 Å². The summed E-state index contributed by atoms with van der Waals surface area (Å²) in [5.41, 5.74) is 0. The standard InChI is InChI=1S/C9H15N3OS/c13-11-12-6-7-14-9(12)10-8-4-2-1-3-5-8/h8H,1-7H2. The third kappa shape index (κ3) is 2.26. The van der Waals surface area contributed by atoms with Crippen LogP contribution in [0, 0.1) is 4.91 Å². The molecule has 0 aromatic heterocycles. The van der Waals surface area contributed by atoms with Gasteiger partial charge in [-0.1, -0.05) is 31.0 Å². The highest BCUT2D eigenvalue weighted by atomic mass is 32.2. The van der Waals surface area contributed by atoms with Crippen LogP contribution in [0.4, 0.5) is 0 Å². The van der Waals surface area contributed by atoms with E-state index < -0.39 is 0 Å². The quantitative estimate of drug-likeness (QED) is 0.662. The first-order valence-corrected chi connectivity index (χ1v) is 6.20. The molecule has 0 atom stereocenters. The predicted molar refractivity (Wildman–Crippen MR) is 59.3 cm³/mol. The molecule has 0 aromatic carbocycles. The van der Waals surface area contributed by atoms with Gasteiger partial charge in [0.2, 0.25) is 0 Å². The van der Waals surface area contributed by atoms with E-state index in [-0.39, 0.29) is 0 Å². The van der Waals surface area contributed by atoms with Crippen molar-refractivity contribution in [2.75, 3.05) is 12.3 Å². The molecular weight excluding hydrogens is 198 g/mol. The van der Waals surface area contributed by atoms with Crippen molar-refractivity contribution in [2.45, 2.75) is 38.1 Å². The molecule has 1 heterocycles. The number of hydrogen-bond donors (Lipinski definition) is 0. The summed E-state index contributed by atoms with van der Waals surface area (Å²) in [7, 11) is 0. The summed E-state index contributed by atoms with van der Waals surface area (Å²) in [5.74, 6) is 0.942. The Morgan fingerprint density at radius 3 is 2.79 bits per heavy atom. The van der Waals surface area contributed by atoms with E-state index in [0.29, 0.717) is 6.04 Å². The average molecular weight is 213 g/mol. The van der Waals surface area contributed by atoms with E-state index in [1.807, 2.05) is 0 Å². The van der Waals surface area contributed by atoms with Crippen LogP contribution in [0.3, 0.4) is 0 Å². The van der Waals surface area contributed by atoms with E-state index in [0.717, 1.165) is 17.5 Å². The number of hydrogen-bond acceptors (Lipinski definition) is 4. The van der Waals surface area contributed by atoms with Crippen molar-refractivity contribution in [3.8, 4) is 0 Å². The fourth-order valence-corrected chi connectivity index (χ4v) is 2.88. The number of amidine groups is 1. The molecule has 78 valence electrons. The van der Waals surface area contributed by atoms with E-state index >= 15 is 0 Å². The molecule has 1 aliphatic carbocycles. The van der Waals surface area contributed by atoms with E-state index in [4.69, 9.17) is 0 Å². The van der Waals surface area contributed by atoms with Crippen molar-refractivity contribution in [2.24, 2.45) is 10.3 Å². The largest absolute Gasteiger partial charge is 0.258 e. The Kier molecular flexibility index (Phi) is 3.39. The van der Waals surface area contributed by atoms with Gasteiger partial charge in [-0.15, -0.1) is 4.91 Å². The van der Waals surface area contributed by atoms with Gasteiger partial charge in [-0.25, -0.2) is 5.01 Å². The van der Waals surface area contributed by atoms with Crippen LogP contribution in [0.15, 0.2) is 10.3 Å². The van der Waals surface area contributed by atoms with Gasteiger partial charge >= 0.3 is 0 Å². The molecule has 14 heavy (non-hydrogen) atoms. The van der Waals surface area contributed by atoms with Gasteiger partial charge in [0.05, 0.1) is 17.9 Å². The number of thioether (sulfide) groups is 1. The lowest BCUT2D eigenvalue weighted by Crippen LogP contribution is -2.20. The third-order valence-electron chi connectivity index (χ3n) is 2.72. The van der Waals surface area contributed by atoms with Crippen LogP contribution >= 0.6 is 11.8 Å². The summed E-state index contributed by atoms with van der Waals surface area (Å²) < 4.78 is 0. The second kappa shape index (κ2) is 4.77. The van der Waals surface area contributed by atoms with Gasteiger partial charge in [-0.2, -0.15) is 0 Å². The third-order valence-corrected chi connectivity index (χ3v) is 3.68. The molecule has 0 aromatic rings. The highest BCUT2D eigenvalue weighted by Crippen LogP contribution is 2.24. The number of aliphatic imine (C=N–C) groups is 1. The molecule has 2 aliphatic rings. The summed E-state index contributed by atoms with van der Waals surface area (Å²) in [6, 6.07) is 0.439. The minimum Gasteiger partial charge on any atom is -0.258 e. The highest BCUT2D eigenvalue weighted by Gasteiger charge is 2.22. The second-order valence-electron chi connectivity index (χ2n) is 3.76. The fourth-order valence-electron chi connectivity index (χ4n) is 1.94. The second-order valence-corrected chi connectivity index (χ2v) is 4.82. The predicted octanol–water partition coefficient (Wildman–Crippen LogP) is 2.41. The monoisotopic (exact) mass is 213 g/mol. The Hall–Kier alpha value is -0.580. The van der Waals surface area contributed by atoms with Crippen LogP contribution in [0.25, 0.3) is 0 Å². The molecule has 4 nitrogen and oxygen atoms in total. The van der Waals surface area contributed by atoms with Crippen molar-refractivity contribution in [3.63, 3.8) is 0 Å². The van der Waals surface area contributed by atoms with Gasteiger partial charge in [-0.3, -0.25) is 4.99 Å². The molecule has 5 heteroatoms. The van der Waals surface area contributed by atoms with Crippen molar-refractivity contribution in [3.05, 3.63) is 4.91 Å². The lowest BCUT2D eigenvalue weighted by molar-refractivity contribution is 0.431. The van der Waals surface area contributed by atoms with Crippen LogP contribution < -0.4 is 0 Å². The van der Waals surface area contributed by atoms with Crippen molar-refractivity contribution in [1.29, 1.82) is 0 Å². The summed E-state index contributed by atoms with van der Waals surface area (Å²) in [6.07, 6.45) is 6.25. The lowest BCUT2D eigenvalue weighted by atomic mass is 9.96. The smallest absolute Gasteiger partial charge is 0.182 e. The maximum atomic E-state index is 10.4. The Morgan fingerprint density at radius 1 is 1.29 bits per heavy atom. The van der Waals surface area contributed by atoms with E-state index in [9.17, 15) is 4.91 Å². The summed E-state index contributed by atoms with van der Waals surface area (Å²) in [4.78, 5) is 15.0. The van der Waals surface area contributed by atoms with Crippen LogP contribution in [-0.2, 0) is 0 Å². The van der Waals surface area contributed by atoms with Crippen molar-refractivity contribution in [1.82, 2.24) is 5.01 Å². The Labute approximate surface area is 88.1 Å². The van der Waals surface area contributed by atoms with Crippen LogP contribution in [-0.4, -0.2) is 28.5 Å². The van der Waals surface area contributed by atoms with Gasteiger partial charge in [0.25, 0.3) is 0 Å². The Balaban J connectivity index is 1.97. The molecule has 1 saturated heterocycles. The zero-order valence-corrected chi connectivity index (χ0v) is 9.00. The zero-order chi connectivity index (χ0) is 9.80. The normalized spacial score (nSPS) is 27.1. The molecule has 0 N–H and O–H groups in total. The highest BCUT2D eigenvalue weighted by molar-refractivity contribution is 8.14. The first-order chi connectivity index (χ1) is 6.90. The van der Waals surface area contributed by atoms with Crippen LogP contribution in [0.2, 0.25) is 0 Å². The lowest BCUT2D eigenvalue weighted by Gasteiger charge is -2.18. The van der Waals surface area contributed by atoms with Gasteiger partial charge < -0.3 is 0 Å². The Bertz CT molecular complexity index is 238. The van der Waals surface area contributed by atoms with E-state index in [1.54, 1.807) is 11.8 Å². The van der Waals surface area contributed by atoms with Crippen LogP contribution in [0.5, 0.6) is 0 Å². The molecule has 1 saturated carbocycles. The molecule has 0 spiro atoms. The molecule has 0 amide bonds. The summed E-state index contributed by atoms with van der Waals surface area (Å²) >= 11 is 1.65. The molecular formula is C9H15N3OS. The van der Waals surface area contributed by atoms with Crippen LogP contribution in [0.1, 0.15) is 32.1 Å². The van der Waals surface area contributed by atoms with E-state index in [2.05, 4.69) is 10.3 Å². The fraction of sp³-hybridized carbons (Fsp3) is 0.889. The summed E-state index contributed by atoms with van der Waals surface area (Å²) in [5, 5.41) is 5.29. The van der Waals surface area contributed by atoms with E-state index in [1.165, 1.54) is 37.1 Å². The minimum absolute atomic E-state index is 0.439. The molecule has 1 aliphatic heterocycles. The molecule has 2 fully saturated rings. The SMILES string of the molecule is O=NN1CCSC1=NC1CCCCC1. The van der Waals surface area contributed by atoms with Crippen molar-refractivity contribution >= 4 is 16.9 Å². The van der Waals surface area contributed by atoms with Crippen molar-refractivity contribution < 1.29 is 0 Å². The average Bonchev–Trinajstić information content (AvgIpc) is 2.67.